The molecule has 0 radical (unpaired) electrons. The molecule has 1 aromatic rings. The van der Waals surface area contributed by atoms with E-state index < -0.39 is 23.8 Å². The molecule has 1 unspecified atom stereocenters. The number of benzene rings is 1. The predicted octanol–water partition coefficient (Wildman–Crippen LogP) is 3.04. The van der Waals surface area contributed by atoms with Gasteiger partial charge in [-0.1, -0.05) is 33.8 Å². The van der Waals surface area contributed by atoms with Crippen molar-refractivity contribution in [3.63, 3.8) is 0 Å². The van der Waals surface area contributed by atoms with Crippen LogP contribution < -0.4 is 15.2 Å². The SMILES string of the molecule is CC(N)Cc1ccc2c(c1C(C)C)O[C@@](C(=O)OC(=O)O)(C(C)C)O2. The summed E-state index contributed by atoms with van der Waals surface area (Å²) in [7, 11) is 0. The van der Waals surface area contributed by atoms with E-state index in [0.29, 0.717) is 17.9 Å². The summed E-state index contributed by atoms with van der Waals surface area (Å²) < 4.78 is 16.0. The summed E-state index contributed by atoms with van der Waals surface area (Å²) in [6, 6.07) is 3.58. The van der Waals surface area contributed by atoms with Gasteiger partial charge in [0.15, 0.2) is 11.5 Å². The van der Waals surface area contributed by atoms with Gasteiger partial charge in [0.2, 0.25) is 0 Å². The summed E-state index contributed by atoms with van der Waals surface area (Å²) in [6.45, 7) is 9.33. The zero-order valence-electron chi connectivity index (χ0n) is 15.2. The summed E-state index contributed by atoms with van der Waals surface area (Å²) in [6.07, 6.45) is -1.05. The van der Waals surface area contributed by atoms with Crippen molar-refractivity contribution in [2.24, 2.45) is 11.7 Å². The third-order valence-corrected chi connectivity index (χ3v) is 4.11. The first-order valence-electron chi connectivity index (χ1n) is 8.33. The average molecular weight is 351 g/mol. The number of esters is 1. The number of carboxylic acid groups (broad SMARTS) is 1. The maximum absolute atomic E-state index is 12.4. The standard InChI is InChI=1S/C18H25NO6/c1-9(2)14-12(8-11(5)19)6-7-13-15(14)25-18(24-13,10(3)4)16(20)23-17(21)22/h6-7,9-11H,8,19H2,1-5H3,(H,21,22)/t11?,18-/m1/s1. The van der Waals surface area contributed by atoms with Crippen molar-refractivity contribution < 1.29 is 28.9 Å². The monoisotopic (exact) mass is 351 g/mol. The lowest BCUT2D eigenvalue weighted by Gasteiger charge is -2.28. The highest BCUT2D eigenvalue weighted by atomic mass is 16.8. The topological polar surface area (TPSA) is 108 Å². The zero-order chi connectivity index (χ0) is 18.9. The first-order valence-corrected chi connectivity index (χ1v) is 8.33. The van der Waals surface area contributed by atoms with Crippen LogP contribution in [0.25, 0.3) is 0 Å². The fourth-order valence-corrected chi connectivity index (χ4v) is 3.00. The van der Waals surface area contributed by atoms with E-state index in [1.54, 1.807) is 19.9 Å². The molecule has 7 nitrogen and oxygen atoms in total. The highest BCUT2D eigenvalue weighted by Gasteiger charge is 2.55. The molecule has 1 aliphatic heterocycles. The molecule has 25 heavy (non-hydrogen) atoms. The van der Waals surface area contributed by atoms with Crippen LogP contribution >= 0.6 is 0 Å². The van der Waals surface area contributed by atoms with Gasteiger partial charge in [-0.05, 0) is 30.9 Å². The molecule has 1 aliphatic rings. The Morgan fingerprint density at radius 2 is 1.84 bits per heavy atom. The van der Waals surface area contributed by atoms with Gasteiger partial charge in [0.05, 0.1) is 0 Å². The highest BCUT2D eigenvalue weighted by molar-refractivity contribution is 5.88. The van der Waals surface area contributed by atoms with Crippen LogP contribution in [0, 0.1) is 5.92 Å². The molecule has 0 amide bonds. The summed E-state index contributed by atoms with van der Waals surface area (Å²) >= 11 is 0. The van der Waals surface area contributed by atoms with Gasteiger partial charge < -0.3 is 25.1 Å². The number of carbonyl (C=O) groups excluding carboxylic acids is 1. The van der Waals surface area contributed by atoms with Gasteiger partial charge in [-0.3, -0.25) is 0 Å². The Kier molecular flexibility index (Phi) is 5.27. The quantitative estimate of drug-likeness (QED) is 0.620. The molecule has 0 aromatic heterocycles. The third kappa shape index (κ3) is 3.56. The van der Waals surface area contributed by atoms with Gasteiger partial charge in [0.1, 0.15) is 0 Å². The minimum absolute atomic E-state index is 0.0373. The normalized spacial score (nSPS) is 20.0. The molecule has 1 heterocycles. The van der Waals surface area contributed by atoms with E-state index in [0.717, 1.165) is 11.1 Å². The Morgan fingerprint density at radius 1 is 1.20 bits per heavy atom. The summed E-state index contributed by atoms with van der Waals surface area (Å²) in [5.41, 5.74) is 7.85. The van der Waals surface area contributed by atoms with E-state index in [2.05, 4.69) is 4.74 Å². The van der Waals surface area contributed by atoms with Crippen molar-refractivity contribution >= 4 is 12.1 Å². The van der Waals surface area contributed by atoms with Crippen LogP contribution in [-0.4, -0.2) is 29.1 Å². The van der Waals surface area contributed by atoms with Crippen LogP contribution in [0.3, 0.4) is 0 Å². The van der Waals surface area contributed by atoms with Gasteiger partial charge in [0.25, 0.3) is 0 Å². The summed E-state index contributed by atoms with van der Waals surface area (Å²) in [5, 5.41) is 8.78. The largest absolute Gasteiger partial charge is 0.513 e. The molecule has 0 aliphatic carbocycles. The molecule has 2 atom stereocenters. The molecule has 3 N–H and O–H groups in total. The van der Waals surface area contributed by atoms with Gasteiger partial charge in [0, 0.05) is 17.5 Å². The van der Waals surface area contributed by atoms with E-state index in [4.69, 9.17) is 20.3 Å². The Hall–Kier alpha value is -2.28. The molecular formula is C18H25NO6. The Bertz CT molecular complexity index is 682. The van der Waals surface area contributed by atoms with E-state index in [9.17, 15) is 9.59 Å². The van der Waals surface area contributed by atoms with Crippen molar-refractivity contribution in [3.05, 3.63) is 23.3 Å². The second-order valence-corrected chi connectivity index (χ2v) is 6.98. The maximum Gasteiger partial charge on any atom is 0.513 e. The Labute approximate surface area is 147 Å². The predicted molar refractivity (Wildman–Crippen MR) is 90.8 cm³/mol. The number of nitrogens with two attached hydrogens (primary N) is 1. The van der Waals surface area contributed by atoms with Crippen LogP contribution in [0.5, 0.6) is 11.5 Å². The number of rotatable bonds is 5. The van der Waals surface area contributed by atoms with Crippen LogP contribution in [0.15, 0.2) is 12.1 Å². The summed E-state index contributed by atoms with van der Waals surface area (Å²) in [5.74, 6) is -2.43. The molecule has 0 spiro atoms. The third-order valence-electron chi connectivity index (χ3n) is 4.11. The van der Waals surface area contributed by atoms with E-state index in [1.807, 2.05) is 26.8 Å². The molecule has 0 saturated carbocycles. The lowest BCUT2D eigenvalue weighted by Crippen LogP contribution is -2.53. The van der Waals surface area contributed by atoms with Gasteiger partial charge in [-0.25, -0.2) is 9.59 Å². The second kappa shape index (κ2) is 6.92. The first kappa shape index (κ1) is 19.1. The molecule has 7 heteroatoms. The van der Waals surface area contributed by atoms with Crippen molar-refractivity contribution in [2.75, 3.05) is 0 Å². The number of fused-ring (bicyclic) bond motifs is 1. The van der Waals surface area contributed by atoms with Gasteiger partial charge in [-0.2, -0.15) is 0 Å². The second-order valence-electron chi connectivity index (χ2n) is 6.98. The van der Waals surface area contributed by atoms with Crippen LogP contribution in [-0.2, 0) is 16.0 Å². The Balaban J connectivity index is 2.51. The lowest BCUT2D eigenvalue weighted by molar-refractivity contribution is -0.188. The molecule has 0 fully saturated rings. The summed E-state index contributed by atoms with van der Waals surface area (Å²) in [4.78, 5) is 23.1. The maximum atomic E-state index is 12.4. The molecule has 2 rings (SSSR count). The smallest absolute Gasteiger partial charge is 0.449 e. The number of ether oxygens (including phenoxy) is 3. The fraction of sp³-hybridized carbons (Fsp3) is 0.556. The molecule has 0 bridgehead atoms. The zero-order valence-corrected chi connectivity index (χ0v) is 15.2. The van der Waals surface area contributed by atoms with E-state index in [1.165, 1.54) is 0 Å². The molecule has 0 saturated heterocycles. The first-order chi connectivity index (χ1) is 11.6. The Morgan fingerprint density at radius 3 is 2.32 bits per heavy atom. The molecular weight excluding hydrogens is 326 g/mol. The van der Waals surface area contributed by atoms with Crippen molar-refractivity contribution in [3.8, 4) is 11.5 Å². The lowest BCUT2D eigenvalue weighted by atomic mass is 9.92. The van der Waals surface area contributed by atoms with Gasteiger partial charge in [-0.15, -0.1) is 0 Å². The fourth-order valence-electron chi connectivity index (χ4n) is 3.00. The van der Waals surface area contributed by atoms with Crippen molar-refractivity contribution in [1.29, 1.82) is 0 Å². The van der Waals surface area contributed by atoms with Crippen molar-refractivity contribution in [1.82, 2.24) is 0 Å². The van der Waals surface area contributed by atoms with Gasteiger partial charge >= 0.3 is 17.9 Å². The van der Waals surface area contributed by atoms with Crippen molar-refractivity contribution in [2.45, 2.75) is 58.8 Å². The minimum atomic E-state index is -1.82. The minimum Gasteiger partial charge on any atom is -0.449 e. The molecule has 138 valence electrons. The number of hydrogen-bond donors (Lipinski definition) is 2. The number of carbonyl (C=O) groups is 2. The number of hydrogen-bond acceptors (Lipinski definition) is 6. The highest BCUT2D eigenvalue weighted by Crippen LogP contribution is 2.48. The average Bonchev–Trinajstić information content (AvgIpc) is 2.86. The van der Waals surface area contributed by atoms with E-state index >= 15 is 0 Å². The van der Waals surface area contributed by atoms with Crippen LogP contribution in [0.4, 0.5) is 4.79 Å². The van der Waals surface area contributed by atoms with E-state index in [-0.39, 0.29) is 12.0 Å². The van der Waals surface area contributed by atoms with Crippen LogP contribution in [0.1, 0.15) is 51.7 Å². The molecule has 1 aromatic carbocycles. The van der Waals surface area contributed by atoms with Crippen LogP contribution in [0.2, 0.25) is 0 Å².